The molecule has 0 saturated heterocycles. The molecule has 98 valence electrons. The molecular weight excluding hydrogens is 224 g/mol. The quantitative estimate of drug-likeness (QED) is 0.800. The van der Waals surface area contributed by atoms with Crippen LogP contribution in [0, 0.1) is 5.41 Å². The molecule has 0 aromatic carbocycles. The molecule has 0 aliphatic heterocycles. The van der Waals surface area contributed by atoms with Gasteiger partial charge >= 0.3 is 0 Å². The molecule has 4 nitrogen and oxygen atoms in total. The molecule has 0 amide bonds. The summed E-state index contributed by atoms with van der Waals surface area (Å²) in [4.78, 5) is 0. The van der Waals surface area contributed by atoms with Crippen molar-refractivity contribution >= 4 is 10.0 Å². The van der Waals surface area contributed by atoms with E-state index in [1.807, 2.05) is 0 Å². The molecule has 0 heterocycles. The van der Waals surface area contributed by atoms with Crippen LogP contribution in [0.1, 0.15) is 34.6 Å². The highest BCUT2D eigenvalue weighted by atomic mass is 32.2. The van der Waals surface area contributed by atoms with E-state index in [0.717, 1.165) is 0 Å². The smallest absolute Gasteiger partial charge is 0.211 e. The van der Waals surface area contributed by atoms with Gasteiger partial charge in [-0.3, -0.25) is 0 Å². The second-order valence-corrected chi connectivity index (χ2v) is 7.87. The summed E-state index contributed by atoms with van der Waals surface area (Å²) in [6, 6.07) is 0.490. The minimum absolute atomic E-state index is 0.0310. The Kier molecular flexibility index (Phi) is 5.42. The van der Waals surface area contributed by atoms with E-state index in [4.69, 9.17) is 0 Å². The third kappa shape index (κ3) is 5.82. The van der Waals surface area contributed by atoms with Crippen LogP contribution in [0.5, 0.6) is 0 Å². The van der Waals surface area contributed by atoms with E-state index in [-0.39, 0.29) is 11.5 Å². The van der Waals surface area contributed by atoms with Crippen LogP contribution < -0.4 is 5.32 Å². The van der Waals surface area contributed by atoms with Crippen molar-refractivity contribution in [3.8, 4) is 0 Å². The predicted molar refractivity (Wildman–Crippen MR) is 69.0 cm³/mol. The fourth-order valence-electron chi connectivity index (χ4n) is 1.37. The number of hydrogen-bond donors (Lipinski definition) is 1. The molecule has 5 heteroatoms. The van der Waals surface area contributed by atoms with Gasteiger partial charge in [-0.1, -0.05) is 34.6 Å². The number of sulfonamides is 1. The zero-order valence-electron chi connectivity index (χ0n) is 11.5. The molecule has 1 N–H and O–H groups in total. The molecule has 0 spiro atoms. The lowest BCUT2D eigenvalue weighted by Gasteiger charge is -2.35. The first kappa shape index (κ1) is 15.9. The number of rotatable bonds is 5. The minimum atomic E-state index is -3.10. The Balaban J connectivity index is 4.69. The summed E-state index contributed by atoms with van der Waals surface area (Å²) in [7, 11) is -1.48. The van der Waals surface area contributed by atoms with Crippen molar-refractivity contribution in [1.29, 1.82) is 0 Å². The molecule has 0 aliphatic rings. The van der Waals surface area contributed by atoms with Crippen LogP contribution in [0.15, 0.2) is 0 Å². The lowest BCUT2D eigenvalue weighted by atomic mass is 9.86. The number of nitrogens with zero attached hydrogens (tertiary/aromatic N) is 1. The van der Waals surface area contributed by atoms with E-state index in [1.54, 1.807) is 7.05 Å². The number of hydrogen-bond acceptors (Lipinski definition) is 3. The van der Waals surface area contributed by atoms with Crippen molar-refractivity contribution in [3.63, 3.8) is 0 Å². The largest absolute Gasteiger partial charge is 0.310 e. The Morgan fingerprint density at radius 1 is 1.25 bits per heavy atom. The van der Waals surface area contributed by atoms with Crippen molar-refractivity contribution < 1.29 is 8.42 Å². The molecule has 0 rings (SSSR count). The average molecular weight is 250 g/mol. The van der Waals surface area contributed by atoms with Gasteiger partial charge < -0.3 is 5.32 Å². The first-order valence-electron chi connectivity index (χ1n) is 5.62. The Morgan fingerprint density at radius 2 is 1.69 bits per heavy atom. The molecule has 0 unspecified atom stereocenters. The summed E-state index contributed by atoms with van der Waals surface area (Å²) < 4.78 is 24.2. The van der Waals surface area contributed by atoms with Gasteiger partial charge in [0.05, 0.1) is 6.26 Å². The maximum Gasteiger partial charge on any atom is 0.211 e. The van der Waals surface area contributed by atoms with Crippen LogP contribution in [0.25, 0.3) is 0 Å². The maximum absolute atomic E-state index is 11.4. The number of likely N-dealkylation sites (N-methyl/N-ethyl adjacent to an activating group) is 1. The van der Waals surface area contributed by atoms with Crippen molar-refractivity contribution in [2.75, 3.05) is 19.8 Å². The van der Waals surface area contributed by atoms with Gasteiger partial charge in [0.25, 0.3) is 0 Å². The standard InChI is InChI=1S/C11H26N2O2S/c1-9(2)12-10(11(3,4)5)8-13(6)16(7,14)15/h9-10,12H,8H2,1-7H3/t10-/m1/s1. The van der Waals surface area contributed by atoms with Gasteiger partial charge in [0.1, 0.15) is 0 Å². The molecular formula is C11H26N2O2S. The van der Waals surface area contributed by atoms with Gasteiger partial charge in [-0.15, -0.1) is 0 Å². The molecule has 0 aliphatic carbocycles. The monoisotopic (exact) mass is 250 g/mol. The summed E-state index contributed by atoms with van der Waals surface area (Å²) in [6.45, 7) is 11.0. The van der Waals surface area contributed by atoms with Crippen LogP contribution in [-0.2, 0) is 10.0 Å². The second-order valence-electron chi connectivity index (χ2n) is 5.78. The van der Waals surface area contributed by atoms with Gasteiger partial charge in [-0.05, 0) is 5.41 Å². The Labute approximate surface area is 100 Å². The van der Waals surface area contributed by atoms with E-state index in [2.05, 4.69) is 39.9 Å². The Hall–Kier alpha value is -0.130. The van der Waals surface area contributed by atoms with Gasteiger partial charge in [0, 0.05) is 25.7 Å². The second kappa shape index (κ2) is 5.47. The topological polar surface area (TPSA) is 49.4 Å². The lowest BCUT2D eigenvalue weighted by Crippen LogP contribution is -2.51. The summed E-state index contributed by atoms with van der Waals surface area (Å²) in [5.41, 5.74) is 0.0310. The zero-order chi connectivity index (χ0) is 13.1. The highest BCUT2D eigenvalue weighted by molar-refractivity contribution is 7.88. The van der Waals surface area contributed by atoms with Crippen LogP contribution in [0.3, 0.4) is 0 Å². The molecule has 0 bridgehead atoms. The summed E-state index contributed by atoms with van der Waals surface area (Å²) in [5, 5.41) is 3.42. The lowest BCUT2D eigenvalue weighted by molar-refractivity contribution is 0.223. The SMILES string of the molecule is CC(C)N[C@H](CN(C)S(C)(=O)=O)C(C)(C)C. The van der Waals surface area contributed by atoms with E-state index in [0.29, 0.717) is 12.6 Å². The minimum Gasteiger partial charge on any atom is -0.310 e. The Morgan fingerprint density at radius 3 is 1.94 bits per heavy atom. The third-order valence-corrected chi connectivity index (χ3v) is 3.87. The molecule has 0 saturated carbocycles. The van der Waals surface area contributed by atoms with Gasteiger partial charge in [0.2, 0.25) is 10.0 Å². The van der Waals surface area contributed by atoms with Gasteiger partial charge in [-0.2, -0.15) is 0 Å². The highest BCUT2D eigenvalue weighted by Crippen LogP contribution is 2.21. The molecule has 0 radical (unpaired) electrons. The molecule has 1 atom stereocenters. The van der Waals surface area contributed by atoms with E-state index in [1.165, 1.54) is 10.6 Å². The first-order chi connectivity index (χ1) is 6.94. The van der Waals surface area contributed by atoms with Crippen molar-refractivity contribution in [2.24, 2.45) is 5.41 Å². The first-order valence-corrected chi connectivity index (χ1v) is 7.46. The normalized spacial score (nSPS) is 15.8. The summed E-state index contributed by atoms with van der Waals surface area (Å²) >= 11 is 0. The van der Waals surface area contributed by atoms with Crippen LogP contribution in [0.4, 0.5) is 0 Å². The van der Waals surface area contributed by atoms with Crippen molar-refractivity contribution in [1.82, 2.24) is 9.62 Å². The van der Waals surface area contributed by atoms with Crippen LogP contribution in [-0.4, -0.2) is 44.7 Å². The molecule has 0 aromatic heterocycles. The third-order valence-electron chi connectivity index (χ3n) is 2.59. The highest BCUT2D eigenvalue weighted by Gasteiger charge is 2.28. The zero-order valence-corrected chi connectivity index (χ0v) is 12.4. The predicted octanol–water partition coefficient (Wildman–Crippen LogP) is 1.29. The van der Waals surface area contributed by atoms with E-state index < -0.39 is 10.0 Å². The van der Waals surface area contributed by atoms with E-state index in [9.17, 15) is 8.42 Å². The van der Waals surface area contributed by atoms with Crippen LogP contribution >= 0.6 is 0 Å². The van der Waals surface area contributed by atoms with Gasteiger partial charge in [-0.25, -0.2) is 12.7 Å². The summed E-state index contributed by atoms with van der Waals surface area (Å²) in [5.74, 6) is 0. The van der Waals surface area contributed by atoms with Crippen LogP contribution in [0.2, 0.25) is 0 Å². The Bertz CT molecular complexity index is 304. The van der Waals surface area contributed by atoms with Crippen molar-refractivity contribution in [2.45, 2.75) is 46.7 Å². The average Bonchev–Trinajstić information content (AvgIpc) is 1.98. The maximum atomic E-state index is 11.4. The fourth-order valence-corrected chi connectivity index (χ4v) is 1.79. The van der Waals surface area contributed by atoms with Gasteiger partial charge in [0.15, 0.2) is 0 Å². The fraction of sp³-hybridized carbons (Fsp3) is 1.00. The van der Waals surface area contributed by atoms with Crippen molar-refractivity contribution in [3.05, 3.63) is 0 Å². The number of nitrogens with one attached hydrogen (secondary N) is 1. The molecule has 16 heavy (non-hydrogen) atoms. The molecule has 0 aromatic rings. The molecule has 0 fully saturated rings. The summed E-state index contributed by atoms with van der Waals surface area (Å²) in [6.07, 6.45) is 1.24. The van der Waals surface area contributed by atoms with E-state index >= 15 is 0 Å².